The van der Waals surface area contributed by atoms with Gasteiger partial charge in [-0.2, -0.15) is 0 Å². The van der Waals surface area contributed by atoms with Crippen LogP contribution >= 0.6 is 15.8 Å². The fraction of sp³-hybridized carbons (Fsp3) is 1.00. The van der Waals surface area contributed by atoms with Crippen LogP contribution in [0.15, 0.2) is 0 Å². The molecule has 0 nitrogen and oxygen atoms in total. The van der Waals surface area contributed by atoms with E-state index in [-0.39, 0.29) is 0 Å². The van der Waals surface area contributed by atoms with Crippen molar-refractivity contribution in [2.24, 2.45) is 0 Å². The van der Waals surface area contributed by atoms with Crippen molar-refractivity contribution in [3.05, 3.63) is 0 Å². The molecule has 0 aliphatic heterocycles. The summed E-state index contributed by atoms with van der Waals surface area (Å²) in [6.07, 6.45) is 26.8. The quantitative estimate of drug-likeness (QED) is 0.140. The first-order valence-electron chi connectivity index (χ1n) is 12.2. The van der Waals surface area contributed by atoms with Gasteiger partial charge in [-0.25, -0.2) is 0 Å². The fourth-order valence-electron chi connectivity index (χ4n) is 3.79. The number of unbranched alkanes of at least 4 members (excludes halogenated alkanes) is 8. The van der Waals surface area contributed by atoms with Gasteiger partial charge in [0, 0.05) is 0 Å². The Morgan fingerprint density at radius 1 is 0.423 bits per heavy atom. The number of hydrogen-bond acceptors (Lipinski definition) is 0. The normalized spacial score (nSPS) is 12.0. The molecule has 0 aromatic rings. The van der Waals surface area contributed by atoms with Gasteiger partial charge in [-0.05, 0) is 62.2 Å². The third-order valence-corrected chi connectivity index (χ3v) is 13.3. The van der Waals surface area contributed by atoms with Crippen LogP contribution in [-0.2, 0) is 0 Å². The molecule has 0 rings (SSSR count). The van der Waals surface area contributed by atoms with Gasteiger partial charge < -0.3 is 0 Å². The predicted octanol–water partition coefficient (Wildman–Crippen LogP) is 9.84. The van der Waals surface area contributed by atoms with Crippen LogP contribution in [0, 0.1) is 0 Å². The molecule has 0 aromatic heterocycles. The standard InChI is InChI=1S/C24H52P2/c1-6-11-16-17-18-19-24(25(20-12-7-2)21-13-8-3)26(22-14-9-4)23-15-10-5/h24H,6-23H2,1-5H3. The Labute approximate surface area is 170 Å². The van der Waals surface area contributed by atoms with E-state index in [1.54, 1.807) is 31.1 Å². The van der Waals surface area contributed by atoms with Crippen molar-refractivity contribution in [3.8, 4) is 0 Å². The zero-order valence-electron chi connectivity index (χ0n) is 19.2. The lowest BCUT2D eigenvalue weighted by Crippen LogP contribution is -2.13. The molecule has 2 heteroatoms. The van der Waals surface area contributed by atoms with E-state index in [1.165, 1.54) is 83.5 Å². The average molecular weight is 403 g/mol. The van der Waals surface area contributed by atoms with Crippen LogP contribution in [0.3, 0.4) is 0 Å². The molecule has 158 valence electrons. The molecule has 0 saturated carbocycles. The Morgan fingerprint density at radius 3 is 1.12 bits per heavy atom. The second-order valence-corrected chi connectivity index (χ2v) is 14.0. The summed E-state index contributed by atoms with van der Waals surface area (Å²) in [6.45, 7) is 11.9. The molecule has 0 unspecified atom stereocenters. The molecule has 0 fully saturated rings. The molecule has 0 atom stereocenters. The van der Waals surface area contributed by atoms with Crippen LogP contribution in [0.4, 0.5) is 0 Å². The molecule has 0 bridgehead atoms. The van der Waals surface area contributed by atoms with Gasteiger partial charge in [-0.1, -0.05) is 108 Å². The van der Waals surface area contributed by atoms with Gasteiger partial charge in [0.05, 0.1) is 0 Å². The predicted molar refractivity (Wildman–Crippen MR) is 130 cm³/mol. The van der Waals surface area contributed by atoms with Gasteiger partial charge in [-0.15, -0.1) is 0 Å². The van der Waals surface area contributed by atoms with Crippen molar-refractivity contribution < 1.29 is 0 Å². The first-order chi connectivity index (χ1) is 12.7. The van der Waals surface area contributed by atoms with Gasteiger partial charge in [-0.3, -0.25) is 0 Å². The van der Waals surface area contributed by atoms with Gasteiger partial charge in [0.1, 0.15) is 0 Å². The van der Waals surface area contributed by atoms with Crippen molar-refractivity contribution in [2.45, 2.75) is 130 Å². The Kier molecular flexibility index (Phi) is 21.3. The van der Waals surface area contributed by atoms with Crippen LogP contribution in [0.1, 0.15) is 125 Å². The van der Waals surface area contributed by atoms with Crippen molar-refractivity contribution in [2.75, 3.05) is 24.6 Å². The van der Waals surface area contributed by atoms with E-state index in [1.807, 2.05) is 0 Å². The summed E-state index contributed by atoms with van der Waals surface area (Å²) >= 11 is 0. The van der Waals surface area contributed by atoms with E-state index < -0.39 is 0 Å². The summed E-state index contributed by atoms with van der Waals surface area (Å²) in [5, 5.41) is 1.15. The molecule has 0 N–H and O–H groups in total. The molecular weight excluding hydrogens is 350 g/mol. The second kappa shape index (κ2) is 20.6. The average Bonchev–Trinajstić information content (AvgIpc) is 2.66. The minimum atomic E-state index is 0.296. The first kappa shape index (κ1) is 26.9. The Hall–Kier alpha value is 0.860. The third kappa shape index (κ3) is 13.9. The van der Waals surface area contributed by atoms with Crippen molar-refractivity contribution in [1.29, 1.82) is 0 Å². The molecule has 0 aromatic carbocycles. The Morgan fingerprint density at radius 2 is 0.769 bits per heavy atom. The summed E-state index contributed by atoms with van der Waals surface area (Å²) in [5.41, 5.74) is 0. The maximum Gasteiger partial charge on any atom is -0.000583 e. The molecule has 26 heavy (non-hydrogen) atoms. The highest BCUT2D eigenvalue weighted by Gasteiger charge is 2.27. The van der Waals surface area contributed by atoms with Crippen LogP contribution in [0.25, 0.3) is 0 Å². The lowest BCUT2D eigenvalue weighted by atomic mass is 10.1. The highest BCUT2D eigenvalue weighted by Crippen LogP contribution is 2.61. The maximum atomic E-state index is 2.39. The molecule has 0 heterocycles. The zero-order valence-corrected chi connectivity index (χ0v) is 21.0. The van der Waals surface area contributed by atoms with Crippen LogP contribution in [-0.4, -0.2) is 30.0 Å². The van der Waals surface area contributed by atoms with Crippen molar-refractivity contribution in [3.63, 3.8) is 0 Å². The van der Waals surface area contributed by atoms with E-state index in [9.17, 15) is 0 Å². The highest BCUT2D eigenvalue weighted by atomic mass is 31.2. The Balaban J connectivity index is 4.99. The summed E-state index contributed by atoms with van der Waals surface area (Å²) in [4.78, 5) is 0. The lowest BCUT2D eigenvalue weighted by molar-refractivity contribution is 0.619. The zero-order chi connectivity index (χ0) is 19.5. The van der Waals surface area contributed by atoms with Gasteiger partial charge in [0.25, 0.3) is 0 Å². The molecule has 0 spiro atoms. The van der Waals surface area contributed by atoms with Crippen molar-refractivity contribution >= 4 is 15.8 Å². The topological polar surface area (TPSA) is 0 Å². The minimum absolute atomic E-state index is 0.296. The molecule has 0 aliphatic rings. The van der Waals surface area contributed by atoms with Crippen molar-refractivity contribution in [1.82, 2.24) is 0 Å². The lowest BCUT2D eigenvalue weighted by Gasteiger charge is -2.36. The smallest absolute Gasteiger partial charge is 0.000583 e. The largest absolute Gasteiger partial charge is 0.0991 e. The summed E-state index contributed by atoms with van der Waals surface area (Å²) in [6, 6.07) is 0. The van der Waals surface area contributed by atoms with Gasteiger partial charge >= 0.3 is 0 Å². The van der Waals surface area contributed by atoms with E-state index in [2.05, 4.69) is 34.6 Å². The summed E-state index contributed by atoms with van der Waals surface area (Å²) in [7, 11) is 0.592. The van der Waals surface area contributed by atoms with Gasteiger partial charge in [0.15, 0.2) is 0 Å². The highest BCUT2D eigenvalue weighted by molar-refractivity contribution is 7.75. The molecule has 0 aliphatic carbocycles. The van der Waals surface area contributed by atoms with Crippen LogP contribution in [0.5, 0.6) is 0 Å². The molecular formula is C24H52P2. The molecule has 0 radical (unpaired) electrons. The summed E-state index contributed by atoms with van der Waals surface area (Å²) < 4.78 is 0. The second-order valence-electron chi connectivity index (χ2n) is 8.17. The number of rotatable bonds is 20. The van der Waals surface area contributed by atoms with E-state index >= 15 is 0 Å². The molecule has 0 saturated heterocycles. The first-order valence-corrected chi connectivity index (χ1v) is 15.8. The fourth-order valence-corrected chi connectivity index (χ4v) is 12.6. The molecule has 0 amide bonds. The van der Waals surface area contributed by atoms with Gasteiger partial charge in [0.2, 0.25) is 0 Å². The monoisotopic (exact) mass is 402 g/mol. The SMILES string of the molecule is CCCCCCCC(P(CCCC)CCCC)P(CCCC)CCCC. The minimum Gasteiger partial charge on any atom is -0.0991 e. The Bertz CT molecular complexity index is 231. The van der Waals surface area contributed by atoms with Crippen LogP contribution < -0.4 is 0 Å². The maximum absolute atomic E-state index is 2.39. The number of hydrogen-bond donors (Lipinski definition) is 0. The third-order valence-electron chi connectivity index (χ3n) is 5.60. The van der Waals surface area contributed by atoms with E-state index in [0.29, 0.717) is 15.8 Å². The van der Waals surface area contributed by atoms with E-state index in [0.717, 1.165) is 5.40 Å². The van der Waals surface area contributed by atoms with E-state index in [4.69, 9.17) is 0 Å². The summed E-state index contributed by atoms with van der Waals surface area (Å²) in [5.74, 6) is 0. The van der Waals surface area contributed by atoms with Crippen LogP contribution in [0.2, 0.25) is 0 Å².